The number of carbonyl (C=O) groups excluding carboxylic acids is 3. The third kappa shape index (κ3) is 4.73. The summed E-state index contributed by atoms with van der Waals surface area (Å²) in [7, 11) is 0. The third-order valence-electron chi connectivity index (χ3n) is 7.21. The van der Waals surface area contributed by atoms with Crippen LogP contribution in [-0.4, -0.2) is 72.9 Å². The number of benzene rings is 1. The maximum absolute atomic E-state index is 13.4. The minimum absolute atomic E-state index is 0.0237. The van der Waals surface area contributed by atoms with Crippen LogP contribution in [0.15, 0.2) is 34.9 Å². The summed E-state index contributed by atoms with van der Waals surface area (Å²) in [5.74, 6) is -2.07. The summed E-state index contributed by atoms with van der Waals surface area (Å²) in [6, 6.07) is 5.59. The lowest BCUT2D eigenvalue weighted by molar-refractivity contribution is -0.384. The Bertz CT molecular complexity index is 1120. The van der Waals surface area contributed by atoms with E-state index in [9.17, 15) is 34.7 Å². The van der Waals surface area contributed by atoms with Crippen molar-refractivity contribution in [1.82, 2.24) is 9.80 Å². The van der Waals surface area contributed by atoms with Gasteiger partial charge in [-0.05, 0) is 43.4 Å². The van der Waals surface area contributed by atoms with Gasteiger partial charge in [-0.3, -0.25) is 24.6 Å². The molecular weight excluding hydrogens is 502 g/mol. The zero-order valence-corrected chi connectivity index (χ0v) is 21.6. The number of rotatable bonds is 11. The van der Waals surface area contributed by atoms with Crippen LogP contribution in [0.5, 0.6) is 0 Å². The Balaban J connectivity index is 1.61. The standard InChI is InChI=1S/C25H31N3O8S/c1-3-17(29)21-23(32)27-22(24(33)36-14-15-7-9-16(10-8-15)28(34)35)18(37-25(21,27)19(30)4-2)11-13-26-12-5-6-20(26)31/h7-10,17,19,21,29-30H,3-6,11-14H2,1-2H3/t17-,19-,21+,25-/m0/s1. The van der Waals surface area contributed by atoms with E-state index in [2.05, 4.69) is 0 Å². The second-order valence-corrected chi connectivity index (χ2v) is 10.8. The minimum atomic E-state index is -1.23. The highest BCUT2D eigenvalue weighted by atomic mass is 32.2. The lowest BCUT2D eigenvalue weighted by atomic mass is 9.76. The molecule has 2 saturated heterocycles. The van der Waals surface area contributed by atoms with Crippen molar-refractivity contribution in [2.45, 2.75) is 69.6 Å². The maximum Gasteiger partial charge on any atom is 0.356 e. The molecule has 12 heteroatoms. The number of likely N-dealkylation sites (tertiary alicyclic amines) is 1. The Morgan fingerprint density at radius 1 is 1.24 bits per heavy atom. The van der Waals surface area contributed by atoms with Crippen molar-refractivity contribution in [2.75, 3.05) is 13.1 Å². The summed E-state index contributed by atoms with van der Waals surface area (Å²) >= 11 is 1.20. The van der Waals surface area contributed by atoms with Gasteiger partial charge in [-0.1, -0.05) is 25.6 Å². The first kappa shape index (κ1) is 27.1. The van der Waals surface area contributed by atoms with E-state index in [1.807, 2.05) is 0 Å². The fraction of sp³-hybridized carbons (Fsp3) is 0.560. The van der Waals surface area contributed by atoms with Crippen molar-refractivity contribution >= 4 is 35.2 Å². The molecule has 0 aromatic heterocycles. The lowest BCUT2D eigenvalue weighted by Crippen LogP contribution is -2.74. The van der Waals surface area contributed by atoms with Crippen molar-refractivity contribution in [1.29, 1.82) is 0 Å². The number of fused-ring (bicyclic) bond motifs is 1. The Labute approximate surface area is 218 Å². The molecule has 37 heavy (non-hydrogen) atoms. The predicted octanol–water partition coefficient (Wildman–Crippen LogP) is 2.31. The highest BCUT2D eigenvalue weighted by Gasteiger charge is 2.71. The summed E-state index contributed by atoms with van der Waals surface area (Å²) < 4.78 is 5.52. The number of hydrogen-bond acceptors (Lipinski definition) is 9. The molecule has 0 bridgehead atoms. The second-order valence-electron chi connectivity index (χ2n) is 9.41. The van der Waals surface area contributed by atoms with E-state index in [1.54, 1.807) is 18.7 Å². The summed E-state index contributed by atoms with van der Waals surface area (Å²) in [5.41, 5.74) is 0.466. The molecule has 200 valence electrons. The molecule has 1 aromatic carbocycles. The Hall–Kier alpha value is -2.96. The van der Waals surface area contributed by atoms with Gasteiger partial charge >= 0.3 is 5.97 Å². The molecule has 4 atom stereocenters. The molecule has 0 unspecified atom stereocenters. The number of nitro benzene ring substituents is 1. The quantitative estimate of drug-likeness (QED) is 0.189. The third-order valence-corrected chi connectivity index (χ3v) is 8.89. The van der Waals surface area contributed by atoms with Crippen LogP contribution in [0.4, 0.5) is 5.69 Å². The van der Waals surface area contributed by atoms with Gasteiger partial charge in [-0.15, -0.1) is 0 Å². The van der Waals surface area contributed by atoms with Gasteiger partial charge in [-0.2, -0.15) is 0 Å². The average molecular weight is 534 g/mol. The first-order valence-corrected chi connectivity index (χ1v) is 13.3. The summed E-state index contributed by atoms with van der Waals surface area (Å²) in [6.07, 6.45) is 0.148. The van der Waals surface area contributed by atoms with Gasteiger partial charge in [0.15, 0.2) is 0 Å². The average Bonchev–Trinajstić information content (AvgIpc) is 3.44. The van der Waals surface area contributed by atoms with Crippen molar-refractivity contribution in [3.05, 3.63) is 50.5 Å². The van der Waals surface area contributed by atoms with Gasteiger partial charge in [0.2, 0.25) is 11.8 Å². The minimum Gasteiger partial charge on any atom is -0.456 e. The Morgan fingerprint density at radius 3 is 2.51 bits per heavy atom. The normalized spacial score (nSPS) is 24.7. The van der Waals surface area contributed by atoms with E-state index < -0.39 is 39.8 Å². The number of esters is 1. The van der Waals surface area contributed by atoms with E-state index in [0.717, 1.165) is 6.42 Å². The lowest BCUT2D eigenvalue weighted by Gasteiger charge is -2.56. The van der Waals surface area contributed by atoms with Crippen LogP contribution in [0.3, 0.4) is 0 Å². The molecule has 3 aliphatic rings. The van der Waals surface area contributed by atoms with Crippen LogP contribution in [0.2, 0.25) is 0 Å². The molecule has 3 aliphatic heterocycles. The van der Waals surface area contributed by atoms with Crippen molar-refractivity contribution < 1.29 is 34.3 Å². The van der Waals surface area contributed by atoms with Gasteiger partial charge in [0.05, 0.1) is 17.1 Å². The predicted molar refractivity (Wildman–Crippen MR) is 134 cm³/mol. The Morgan fingerprint density at radius 2 is 1.95 bits per heavy atom. The smallest absolute Gasteiger partial charge is 0.356 e. The van der Waals surface area contributed by atoms with Crippen molar-refractivity contribution in [2.24, 2.45) is 5.92 Å². The van der Waals surface area contributed by atoms with Gasteiger partial charge in [0.1, 0.15) is 23.1 Å². The van der Waals surface area contributed by atoms with Crippen LogP contribution in [0.25, 0.3) is 0 Å². The van der Waals surface area contributed by atoms with E-state index in [4.69, 9.17) is 4.74 Å². The molecule has 1 aromatic rings. The van der Waals surface area contributed by atoms with Crippen molar-refractivity contribution in [3.63, 3.8) is 0 Å². The van der Waals surface area contributed by atoms with Crippen molar-refractivity contribution in [3.8, 4) is 0 Å². The highest BCUT2D eigenvalue weighted by Crippen LogP contribution is 2.62. The van der Waals surface area contributed by atoms with Crippen LogP contribution < -0.4 is 0 Å². The molecule has 2 amide bonds. The number of hydrogen-bond donors (Lipinski definition) is 2. The summed E-state index contributed by atoms with van der Waals surface area (Å²) in [5, 5.41) is 32.6. The number of β-lactam (4-membered cyclic amide) rings is 1. The van der Waals surface area contributed by atoms with E-state index >= 15 is 0 Å². The second kappa shape index (κ2) is 10.8. The molecular formula is C25H31N3O8S. The number of non-ortho nitro benzene ring substituents is 1. The number of carbonyl (C=O) groups is 3. The van der Waals surface area contributed by atoms with Crippen LogP contribution in [0.1, 0.15) is 51.5 Å². The van der Waals surface area contributed by atoms with E-state index in [0.29, 0.717) is 49.2 Å². The number of aliphatic hydroxyl groups is 2. The number of amides is 2. The van der Waals surface area contributed by atoms with Gasteiger partial charge in [0.25, 0.3) is 5.69 Å². The van der Waals surface area contributed by atoms with E-state index in [-0.39, 0.29) is 23.9 Å². The largest absolute Gasteiger partial charge is 0.456 e. The number of aliphatic hydroxyl groups excluding tert-OH is 2. The summed E-state index contributed by atoms with van der Waals surface area (Å²) in [6.45, 7) is 4.33. The number of nitro groups is 1. The molecule has 2 fully saturated rings. The molecule has 2 N–H and O–H groups in total. The Kier molecular flexibility index (Phi) is 7.91. The first-order valence-electron chi connectivity index (χ1n) is 12.5. The number of nitrogens with zero attached hydrogens (tertiary/aromatic N) is 3. The fourth-order valence-electron chi connectivity index (χ4n) is 5.20. The molecule has 0 saturated carbocycles. The topological polar surface area (TPSA) is 151 Å². The molecule has 0 spiro atoms. The monoisotopic (exact) mass is 533 g/mol. The zero-order valence-electron chi connectivity index (χ0n) is 20.8. The van der Waals surface area contributed by atoms with Crippen LogP contribution in [-0.2, 0) is 25.7 Å². The van der Waals surface area contributed by atoms with E-state index in [1.165, 1.54) is 40.9 Å². The first-order chi connectivity index (χ1) is 17.6. The molecule has 0 aliphatic carbocycles. The molecule has 11 nitrogen and oxygen atoms in total. The number of ether oxygens (including phenoxy) is 1. The SMILES string of the molecule is CC[C@H](O)[C@@H]1C(=O)N2C(C(=O)OCc3ccc([N+](=O)[O-])cc3)=C(CCN3CCCC3=O)S[C@@]12[C@@H](O)CC. The molecule has 3 heterocycles. The zero-order chi connectivity index (χ0) is 26.9. The maximum atomic E-state index is 13.4. The van der Waals surface area contributed by atoms with Gasteiger partial charge < -0.3 is 19.8 Å². The summed E-state index contributed by atoms with van der Waals surface area (Å²) in [4.78, 5) is 51.5. The fourth-order valence-corrected chi connectivity index (χ4v) is 7.02. The van der Waals surface area contributed by atoms with Gasteiger partial charge in [-0.25, -0.2) is 4.79 Å². The molecule has 0 radical (unpaired) electrons. The van der Waals surface area contributed by atoms with Gasteiger partial charge in [0, 0.05) is 36.5 Å². The number of thioether (sulfide) groups is 1. The van der Waals surface area contributed by atoms with Crippen LogP contribution >= 0.6 is 11.8 Å². The molecule has 4 rings (SSSR count). The van der Waals surface area contributed by atoms with Crippen LogP contribution in [0, 0.1) is 16.0 Å². The highest BCUT2D eigenvalue weighted by molar-refractivity contribution is 8.04.